The Morgan fingerprint density at radius 3 is 2.46 bits per heavy atom. The van der Waals surface area contributed by atoms with E-state index in [9.17, 15) is 8.42 Å². The number of hydrogen-bond donors (Lipinski definition) is 2. The molecular formula is C6H14BrNO3S2. The van der Waals surface area contributed by atoms with Crippen LogP contribution >= 0.6 is 27.7 Å². The zero-order valence-corrected chi connectivity index (χ0v) is 10.7. The molecule has 2 N–H and O–H groups in total. The van der Waals surface area contributed by atoms with Crippen LogP contribution in [0, 0.1) is 0 Å². The molecule has 2 unspecified atom stereocenters. The van der Waals surface area contributed by atoms with Crippen molar-refractivity contribution in [1.82, 2.24) is 4.72 Å². The van der Waals surface area contributed by atoms with Gasteiger partial charge >= 0.3 is 0 Å². The van der Waals surface area contributed by atoms with Gasteiger partial charge in [-0.3, -0.25) is 0 Å². The van der Waals surface area contributed by atoms with Gasteiger partial charge in [-0.05, 0) is 13.2 Å². The highest BCUT2D eigenvalue weighted by Crippen LogP contribution is 2.11. The van der Waals surface area contributed by atoms with Crippen molar-refractivity contribution >= 4 is 37.7 Å². The monoisotopic (exact) mass is 291 g/mol. The van der Waals surface area contributed by atoms with Crippen molar-refractivity contribution in [2.45, 2.75) is 18.2 Å². The Kier molecular flexibility index (Phi) is 6.57. The molecule has 0 spiro atoms. The van der Waals surface area contributed by atoms with E-state index in [0.717, 1.165) is 0 Å². The van der Waals surface area contributed by atoms with Crippen LogP contribution in [-0.4, -0.2) is 42.3 Å². The molecule has 0 heterocycles. The van der Waals surface area contributed by atoms with Crippen molar-refractivity contribution in [3.8, 4) is 0 Å². The number of aliphatic hydroxyl groups excluding tert-OH is 1. The first-order chi connectivity index (χ1) is 5.96. The van der Waals surface area contributed by atoms with E-state index < -0.39 is 10.0 Å². The first-order valence-electron chi connectivity index (χ1n) is 3.66. The van der Waals surface area contributed by atoms with Gasteiger partial charge in [-0.2, -0.15) is 11.8 Å². The fourth-order valence-corrected chi connectivity index (χ4v) is 2.73. The third kappa shape index (κ3) is 5.21. The molecule has 0 aliphatic heterocycles. The fraction of sp³-hybridized carbons (Fsp3) is 1.00. The van der Waals surface area contributed by atoms with E-state index >= 15 is 0 Å². The van der Waals surface area contributed by atoms with Crippen LogP contribution in [0.15, 0.2) is 0 Å². The summed E-state index contributed by atoms with van der Waals surface area (Å²) in [6, 6.07) is -0.262. The summed E-state index contributed by atoms with van der Waals surface area (Å²) in [6.07, 6.45) is 1.83. The second kappa shape index (κ2) is 6.23. The van der Waals surface area contributed by atoms with E-state index in [1.807, 2.05) is 6.26 Å². The van der Waals surface area contributed by atoms with Crippen LogP contribution in [0.3, 0.4) is 0 Å². The predicted octanol–water partition coefficient (Wildman–Crippen LogP) is 0.371. The zero-order chi connectivity index (χ0) is 10.5. The summed E-state index contributed by atoms with van der Waals surface area (Å²) in [6.45, 7) is 1.70. The van der Waals surface area contributed by atoms with Gasteiger partial charge < -0.3 is 5.11 Å². The second-order valence-electron chi connectivity index (χ2n) is 2.59. The molecule has 7 heteroatoms. The largest absolute Gasteiger partial charge is 0.395 e. The molecule has 0 aromatic carbocycles. The normalized spacial score (nSPS) is 16.9. The lowest BCUT2D eigenvalue weighted by Crippen LogP contribution is -2.41. The second-order valence-corrected chi connectivity index (χ2v) is 6.72. The van der Waals surface area contributed by atoms with Crippen LogP contribution in [0.5, 0.6) is 0 Å². The Bertz CT molecular complexity index is 228. The Morgan fingerprint density at radius 1 is 1.62 bits per heavy atom. The summed E-state index contributed by atoms with van der Waals surface area (Å²) in [5, 5.41) is 8.80. The molecule has 0 aromatic rings. The minimum absolute atomic E-state index is 0.0346. The molecule has 4 nitrogen and oxygen atoms in total. The SMILES string of the molecule is CSC(CO)C(C)NS(=O)(=O)CBr. The number of hydrogen-bond acceptors (Lipinski definition) is 4. The molecule has 0 radical (unpaired) electrons. The number of thioether (sulfide) groups is 1. The van der Waals surface area contributed by atoms with Gasteiger partial charge in [-0.25, -0.2) is 13.1 Å². The highest BCUT2D eigenvalue weighted by atomic mass is 79.9. The lowest BCUT2D eigenvalue weighted by Gasteiger charge is -2.20. The summed E-state index contributed by atoms with van der Waals surface area (Å²) in [7, 11) is -3.24. The quantitative estimate of drug-likeness (QED) is 0.694. The molecule has 0 aromatic heterocycles. The van der Waals surface area contributed by atoms with Crippen LogP contribution in [-0.2, 0) is 10.0 Å². The molecule has 0 amide bonds. The first kappa shape index (κ1) is 13.7. The molecule has 0 fully saturated rings. The number of aliphatic hydroxyl groups is 1. The van der Waals surface area contributed by atoms with Crippen molar-refractivity contribution in [1.29, 1.82) is 0 Å². The summed E-state index contributed by atoms with van der Waals surface area (Å²) in [4.78, 5) is 0. The van der Waals surface area contributed by atoms with Gasteiger partial charge in [-0.15, -0.1) is 0 Å². The third-order valence-electron chi connectivity index (χ3n) is 1.55. The van der Waals surface area contributed by atoms with Crippen LogP contribution in [0.4, 0.5) is 0 Å². The summed E-state index contributed by atoms with van der Waals surface area (Å²) in [5.41, 5.74) is 0. The number of nitrogens with one attached hydrogen (secondary N) is 1. The standard InChI is InChI=1S/C6H14BrNO3S2/c1-5(6(3-9)12-2)8-13(10,11)4-7/h5-6,8-9H,3-4H2,1-2H3. The Labute approximate surface area is 91.7 Å². The zero-order valence-electron chi connectivity index (χ0n) is 7.53. The van der Waals surface area contributed by atoms with Gasteiger partial charge in [0.15, 0.2) is 0 Å². The molecule has 0 bridgehead atoms. The molecule has 0 aliphatic carbocycles. The average Bonchev–Trinajstić information content (AvgIpc) is 2.06. The maximum Gasteiger partial charge on any atom is 0.221 e. The molecule has 0 saturated carbocycles. The minimum atomic E-state index is -3.24. The van der Waals surface area contributed by atoms with Gasteiger partial charge in [0.25, 0.3) is 0 Å². The maximum absolute atomic E-state index is 11.1. The predicted molar refractivity (Wildman–Crippen MR) is 59.7 cm³/mol. The molecule has 13 heavy (non-hydrogen) atoms. The summed E-state index contributed by atoms with van der Waals surface area (Å²) < 4.78 is 24.5. The lowest BCUT2D eigenvalue weighted by molar-refractivity contribution is 0.282. The first-order valence-corrected chi connectivity index (χ1v) is 7.72. The van der Waals surface area contributed by atoms with E-state index in [1.54, 1.807) is 6.92 Å². The molecule has 2 atom stereocenters. The van der Waals surface area contributed by atoms with Crippen LogP contribution in [0.25, 0.3) is 0 Å². The minimum Gasteiger partial charge on any atom is -0.395 e. The van der Waals surface area contributed by atoms with Gasteiger partial charge in [0, 0.05) is 11.3 Å². The Balaban J connectivity index is 4.21. The third-order valence-corrected chi connectivity index (χ3v) is 5.54. The fourth-order valence-electron chi connectivity index (χ4n) is 0.827. The van der Waals surface area contributed by atoms with Crippen LogP contribution in [0.1, 0.15) is 6.92 Å². The Morgan fingerprint density at radius 2 is 2.15 bits per heavy atom. The molecule has 0 aliphatic rings. The molecule has 0 saturated heterocycles. The number of sulfonamides is 1. The summed E-state index contributed by atoms with van der Waals surface area (Å²) >= 11 is 4.31. The smallest absolute Gasteiger partial charge is 0.221 e. The number of halogens is 1. The van der Waals surface area contributed by atoms with Crippen molar-refractivity contribution < 1.29 is 13.5 Å². The molecule has 80 valence electrons. The molecular weight excluding hydrogens is 278 g/mol. The summed E-state index contributed by atoms with van der Waals surface area (Å²) in [5.74, 6) is 0. The van der Waals surface area contributed by atoms with Crippen LogP contribution < -0.4 is 4.72 Å². The van der Waals surface area contributed by atoms with E-state index in [-0.39, 0.29) is 22.6 Å². The highest BCUT2D eigenvalue weighted by Gasteiger charge is 2.20. The van der Waals surface area contributed by atoms with Gasteiger partial charge in [-0.1, -0.05) is 15.9 Å². The van der Waals surface area contributed by atoms with Crippen molar-refractivity contribution in [3.05, 3.63) is 0 Å². The average molecular weight is 292 g/mol. The number of rotatable bonds is 6. The van der Waals surface area contributed by atoms with Gasteiger partial charge in [0.2, 0.25) is 10.0 Å². The molecule has 0 rings (SSSR count). The maximum atomic E-state index is 11.1. The van der Waals surface area contributed by atoms with Crippen molar-refractivity contribution in [2.24, 2.45) is 0 Å². The van der Waals surface area contributed by atoms with E-state index in [2.05, 4.69) is 20.7 Å². The van der Waals surface area contributed by atoms with E-state index in [1.165, 1.54) is 11.8 Å². The number of alkyl halides is 1. The van der Waals surface area contributed by atoms with Gasteiger partial charge in [0.1, 0.15) is 4.66 Å². The van der Waals surface area contributed by atoms with Crippen molar-refractivity contribution in [2.75, 3.05) is 17.5 Å². The van der Waals surface area contributed by atoms with Gasteiger partial charge in [0.05, 0.1) is 6.61 Å². The highest BCUT2D eigenvalue weighted by molar-refractivity contribution is 9.10. The van der Waals surface area contributed by atoms with E-state index in [0.29, 0.717) is 0 Å². The van der Waals surface area contributed by atoms with Crippen LogP contribution in [0.2, 0.25) is 0 Å². The topological polar surface area (TPSA) is 66.4 Å². The van der Waals surface area contributed by atoms with E-state index in [4.69, 9.17) is 5.11 Å². The lowest BCUT2D eigenvalue weighted by atomic mass is 10.3. The Hall–Kier alpha value is 0.700. The van der Waals surface area contributed by atoms with Crippen molar-refractivity contribution in [3.63, 3.8) is 0 Å².